The number of piperidine rings is 1. The number of nitrogens with zero attached hydrogens (tertiary/aromatic N) is 7. The van der Waals surface area contributed by atoms with E-state index >= 15 is 0 Å². The molecule has 3 heterocycles. The summed E-state index contributed by atoms with van der Waals surface area (Å²) in [5, 5.41) is 11.0. The number of amides is 1. The fourth-order valence-electron chi connectivity index (χ4n) is 4.50. The van der Waals surface area contributed by atoms with Gasteiger partial charge in [-0.15, -0.1) is 5.10 Å². The molecule has 5 rings (SSSR count). The first-order valence-corrected chi connectivity index (χ1v) is 9.64. The zero-order valence-corrected chi connectivity index (χ0v) is 15.5. The van der Waals surface area contributed by atoms with Crippen molar-refractivity contribution in [3.8, 4) is 11.4 Å². The van der Waals surface area contributed by atoms with E-state index < -0.39 is 0 Å². The second-order valence-corrected chi connectivity index (χ2v) is 7.64. The maximum atomic E-state index is 12.8. The molecule has 1 aliphatic heterocycles. The van der Waals surface area contributed by atoms with Gasteiger partial charge in [-0.3, -0.25) is 4.79 Å². The SMILES string of the molecule is O=C(Cn1cnnn1)N1CCCC2(CCc3cnc(-c4ccccc4)nc32)C1. The molecule has 1 unspecified atom stereocenters. The summed E-state index contributed by atoms with van der Waals surface area (Å²) in [7, 11) is 0. The predicted molar refractivity (Wildman–Crippen MR) is 101 cm³/mol. The van der Waals surface area contributed by atoms with E-state index in [4.69, 9.17) is 4.98 Å². The van der Waals surface area contributed by atoms with Crippen LogP contribution in [0.3, 0.4) is 0 Å². The summed E-state index contributed by atoms with van der Waals surface area (Å²) >= 11 is 0. The van der Waals surface area contributed by atoms with Crippen molar-refractivity contribution < 1.29 is 4.79 Å². The van der Waals surface area contributed by atoms with Crippen molar-refractivity contribution in [3.05, 3.63) is 54.1 Å². The van der Waals surface area contributed by atoms with Crippen molar-refractivity contribution in [3.63, 3.8) is 0 Å². The Morgan fingerprint density at radius 3 is 2.89 bits per heavy atom. The number of hydrogen-bond donors (Lipinski definition) is 0. The molecule has 0 radical (unpaired) electrons. The molecule has 1 atom stereocenters. The number of fused-ring (bicyclic) bond motifs is 2. The molecule has 8 heteroatoms. The molecule has 3 aromatic rings. The van der Waals surface area contributed by atoms with Gasteiger partial charge in [-0.1, -0.05) is 30.3 Å². The Morgan fingerprint density at radius 1 is 1.18 bits per heavy atom. The Hall–Kier alpha value is -3.16. The Morgan fingerprint density at radius 2 is 2.07 bits per heavy atom. The second kappa shape index (κ2) is 6.78. The van der Waals surface area contributed by atoms with Crippen LogP contribution in [0.4, 0.5) is 0 Å². The van der Waals surface area contributed by atoms with E-state index in [9.17, 15) is 4.79 Å². The molecule has 1 aliphatic carbocycles. The van der Waals surface area contributed by atoms with Gasteiger partial charge in [0.05, 0.1) is 5.69 Å². The molecule has 1 saturated heterocycles. The number of hydrogen-bond acceptors (Lipinski definition) is 6. The molecule has 2 aromatic heterocycles. The molecule has 1 amide bonds. The third-order valence-corrected chi connectivity index (χ3v) is 5.89. The van der Waals surface area contributed by atoms with Gasteiger partial charge < -0.3 is 4.90 Å². The monoisotopic (exact) mass is 375 g/mol. The molecule has 0 N–H and O–H groups in total. The molecular weight excluding hydrogens is 354 g/mol. The highest BCUT2D eigenvalue weighted by Crippen LogP contribution is 2.44. The first-order chi connectivity index (χ1) is 13.7. The Bertz CT molecular complexity index is 985. The first-order valence-electron chi connectivity index (χ1n) is 9.64. The van der Waals surface area contributed by atoms with E-state index in [1.165, 1.54) is 16.6 Å². The summed E-state index contributed by atoms with van der Waals surface area (Å²) in [5.74, 6) is 0.815. The van der Waals surface area contributed by atoms with Crippen LogP contribution >= 0.6 is 0 Å². The topological polar surface area (TPSA) is 89.7 Å². The molecule has 1 spiro atoms. The smallest absolute Gasteiger partial charge is 0.244 e. The van der Waals surface area contributed by atoms with Crippen LogP contribution in [-0.2, 0) is 23.2 Å². The zero-order chi connectivity index (χ0) is 19.0. The van der Waals surface area contributed by atoms with Crippen LogP contribution in [0, 0.1) is 0 Å². The Balaban J connectivity index is 1.43. The molecule has 142 valence electrons. The molecule has 0 bridgehead atoms. The number of aromatic nitrogens is 6. The highest BCUT2D eigenvalue weighted by atomic mass is 16.2. The fourth-order valence-corrected chi connectivity index (χ4v) is 4.50. The molecule has 8 nitrogen and oxygen atoms in total. The van der Waals surface area contributed by atoms with Crippen LogP contribution in [0.25, 0.3) is 11.4 Å². The van der Waals surface area contributed by atoms with E-state index in [0.717, 1.165) is 49.3 Å². The van der Waals surface area contributed by atoms with Gasteiger partial charge in [-0.25, -0.2) is 14.6 Å². The summed E-state index contributed by atoms with van der Waals surface area (Å²) in [6.45, 7) is 1.65. The van der Waals surface area contributed by atoms with Crippen LogP contribution in [0.5, 0.6) is 0 Å². The largest absolute Gasteiger partial charge is 0.340 e. The number of aryl methyl sites for hydroxylation is 1. The molecular formula is C20H21N7O. The molecule has 28 heavy (non-hydrogen) atoms. The maximum Gasteiger partial charge on any atom is 0.244 e. The lowest BCUT2D eigenvalue weighted by atomic mass is 9.77. The van der Waals surface area contributed by atoms with Crippen molar-refractivity contribution in [1.29, 1.82) is 0 Å². The van der Waals surface area contributed by atoms with E-state index in [-0.39, 0.29) is 17.9 Å². The predicted octanol–water partition coefficient (Wildman–Crippen LogP) is 1.64. The number of carbonyl (C=O) groups excluding carboxylic acids is 1. The van der Waals surface area contributed by atoms with Crippen molar-refractivity contribution in [2.75, 3.05) is 13.1 Å². The maximum absolute atomic E-state index is 12.8. The zero-order valence-electron chi connectivity index (χ0n) is 15.5. The Kier molecular flexibility index (Phi) is 4.11. The summed E-state index contributed by atoms with van der Waals surface area (Å²) in [5.41, 5.74) is 3.29. The van der Waals surface area contributed by atoms with E-state index in [1.54, 1.807) is 0 Å². The van der Waals surface area contributed by atoms with Crippen molar-refractivity contribution in [2.45, 2.75) is 37.6 Å². The molecule has 1 fully saturated rings. The van der Waals surface area contributed by atoms with Gasteiger partial charge >= 0.3 is 0 Å². The third-order valence-electron chi connectivity index (χ3n) is 5.89. The van der Waals surface area contributed by atoms with Gasteiger partial charge in [-0.05, 0) is 41.7 Å². The number of carbonyl (C=O) groups is 1. The lowest BCUT2D eigenvalue weighted by Gasteiger charge is -2.40. The van der Waals surface area contributed by atoms with Crippen LogP contribution in [0.15, 0.2) is 42.9 Å². The highest BCUT2D eigenvalue weighted by molar-refractivity contribution is 5.76. The average Bonchev–Trinajstić information content (AvgIpc) is 3.37. The summed E-state index contributed by atoms with van der Waals surface area (Å²) in [6, 6.07) is 10.1. The van der Waals surface area contributed by atoms with Gasteiger partial charge in [0.2, 0.25) is 5.91 Å². The van der Waals surface area contributed by atoms with E-state index in [0.29, 0.717) is 6.54 Å². The van der Waals surface area contributed by atoms with Gasteiger partial charge in [0, 0.05) is 30.3 Å². The summed E-state index contributed by atoms with van der Waals surface area (Å²) < 4.78 is 1.47. The van der Waals surface area contributed by atoms with Crippen molar-refractivity contribution >= 4 is 5.91 Å². The van der Waals surface area contributed by atoms with E-state index in [2.05, 4.69) is 20.5 Å². The van der Waals surface area contributed by atoms with Gasteiger partial charge in [0.15, 0.2) is 5.82 Å². The van der Waals surface area contributed by atoms with Crippen LogP contribution in [0.1, 0.15) is 30.5 Å². The lowest BCUT2D eigenvalue weighted by molar-refractivity contribution is -0.134. The second-order valence-electron chi connectivity index (χ2n) is 7.64. The minimum absolute atomic E-state index is 0.0529. The molecule has 0 saturated carbocycles. The number of benzene rings is 1. The fraction of sp³-hybridized carbons (Fsp3) is 0.400. The molecule has 2 aliphatic rings. The minimum Gasteiger partial charge on any atom is -0.340 e. The van der Waals surface area contributed by atoms with Crippen LogP contribution in [0.2, 0.25) is 0 Å². The van der Waals surface area contributed by atoms with Crippen LogP contribution in [-0.4, -0.2) is 54.1 Å². The molecule has 1 aromatic carbocycles. The quantitative estimate of drug-likeness (QED) is 0.691. The standard InChI is InChI=1S/C20H21N7O/c28-17(12-27-14-22-24-25-27)26-10-4-8-20(13-26)9-7-16-11-21-19(23-18(16)20)15-5-2-1-3-6-15/h1-3,5-6,11,14H,4,7-10,12-13H2. The number of likely N-dealkylation sites (tertiary alicyclic amines) is 1. The minimum atomic E-state index is -0.0731. The third kappa shape index (κ3) is 2.94. The summed E-state index contributed by atoms with van der Waals surface area (Å²) in [4.78, 5) is 24.3. The van der Waals surface area contributed by atoms with Crippen molar-refractivity contribution in [2.24, 2.45) is 0 Å². The van der Waals surface area contributed by atoms with Crippen LogP contribution < -0.4 is 0 Å². The average molecular weight is 375 g/mol. The van der Waals surface area contributed by atoms with E-state index in [1.807, 2.05) is 41.4 Å². The summed E-state index contributed by atoms with van der Waals surface area (Å²) in [6.07, 6.45) is 7.47. The highest BCUT2D eigenvalue weighted by Gasteiger charge is 2.44. The number of rotatable bonds is 3. The van der Waals surface area contributed by atoms with Gasteiger partial charge in [0.25, 0.3) is 0 Å². The lowest BCUT2D eigenvalue weighted by Crippen LogP contribution is -2.48. The van der Waals surface area contributed by atoms with Gasteiger partial charge in [0.1, 0.15) is 12.9 Å². The number of tetrazole rings is 1. The van der Waals surface area contributed by atoms with Crippen molar-refractivity contribution in [1.82, 2.24) is 35.1 Å². The Labute approximate surface area is 162 Å². The van der Waals surface area contributed by atoms with Gasteiger partial charge in [-0.2, -0.15) is 0 Å². The normalized spacial score (nSPS) is 21.1. The first kappa shape index (κ1) is 17.0.